The molecule has 0 fully saturated rings. The van der Waals surface area contributed by atoms with Gasteiger partial charge >= 0.3 is 0 Å². The maximum atomic E-state index is 11.3. The van der Waals surface area contributed by atoms with Gasteiger partial charge in [-0.05, 0) is 6.26 Å². The molecule has 0 aliphatic rings. The molecule has 15 heavy (non-hydrogen) atoms. The second kappa shape index (κ2) is 5.80. The first-order valence-electron chi connectivity index (χ1n) is 4.83. The number of hydrogen-bond donors (Lipinski definition) is 1. The number of thioether (sulfide) groups is 1. The van der Waals surface area contributed by atoms with Crippen molar-refractivity contribution >= 4 is 17.7 Å². The van der Waals surface area contributed by atoms with Gasteiger partial charge in [-0.1, -0.05) is 13.8 Å². The molecule has 1 aromatic heterocycles. The lowest BCUT2D eigenvalue weighted by atomic mass is 10.2. The summed E-state index contributed by atoms with van der Waals surface area (Å²) in [6.45, 7) is 4.01. The molecule has 0 saturated carbocycles. The lowest BCUT2D eigenvalue weighted by Crippen LogP contribution is -2.24. The predicted molar refractivity (Wildman–Crippen MR) is 60.8 cm³/mol. The molecule has 1 heterocycles. The highest BCUT2D eigenvalue weighted by Gasteiger charge is 2.10. The molecule has 0 unspecified atom stereocenters. The van der Waals surface area contributed by atoms with Crippen LogP contribution in [0.3, 0.4) is 0 Å². The van der Waals surface area contributed by atoms with E-state index in [0.29, 0.717) is 17.5 Å². The zero-order chi connectivity index (χ0) is 11.3. The number of nitrogens with zero attached hydrogens (tertiary/aromatic N) is 1. The Bertz CT molecular complexity index is 323. The quantitative estimate of drug-likeness (QED) is 0.780. The van der Waals surface area contributed by atoms with Crippen molar-refractivity contribution in [3.63, 3.8) is 0 Å². The molecule has 0 atom stereocenters. The van der Waals surface area contributed by atoms with Crippen LogP contribution in [0.2, 0.25) is 0 Å². The van der Waals surface area contributed by atoms with Crippen molar-refractivity contribution in [1.82, 2.24) is 10.3 Å². The maximum absolute atomic E-state index is 11.3. The van der Waals surface area contributed by atoms with Crippen molar-refractivity contribution in [3.05, 3.63) is 17.8 Å². The molecule has 0 aliphatic heterocycles. The van der Waals surface area contributed by atoms with Crippen LogP contribution >= 0.6 is 11.8 Å². The first-order valence-corrected chi connectivity index (χ1v) is 6.23. The number of hydrogen-bond acceptors (Lipinski definition) is 4. The van der Waals surface area contributed by atoms with Crippen molar-refractivity contribution in [2.75, 3.05) is 12.1 Å². The highest BCUT2D eigenvalue weighted by molar-refractivity contribution is 7.98. The number of amides is 1. The van der Waals surface area contributed by atoms with E-state index in [4.69, 9.17) is 4.42 Å². The summed E-state index contributed by atoms with van der Waals surface area (Å²) in [5.74, 6) is 2.16. The number of nitrogens with one attached hydrogen (secondary N) is 1. The predicted octanol–water partition coefficient (Wildman–Crippen LogP) is 1.78. The molecule has 0 spiro atoms. The average molecular weight is 228 g/mol. The fraction of sp³-hybridized carbons (Fsp3) is 0.600. The summed E-state index contributed by atoms with van der Waals surface area (Å²) in [7, 11) is 0. The van der Waals surface area contributed by atoms with E-state index in [1.807, 2.05) is 20.1 Å². The standard InChI is InChI=1S/C10H16N2O2S/c1-7(2)10-11-5-8(14-10)4-9(13)12-6-15-3/h5,7H,4,6H2,1-3H3,(H,12,13). The van der Waals surface area contributed by atoms with Gasteiger partial charge in [0.15, 0.2) is 5.89 Å². The minimum Gasteiger partial charge on any atom is -0.445 e. The van der Waals surface area contributed by atoms with Gasteiger partial charge in [-0.2, -0.15) is 0 Å². The zero-order valence-corrected chi connectivity index (χ0v) is 10.1. The monoisotopic (exact) mass is 228 g/mol. The third-order valence-corrected chi connectivity index (χ3v) is 2.25. The van der Waals surface area contributed by atoms with Crippen LogP contribution in [-0.4, -0.2) is 23.0 Å². The van der Waals surface area contributed by atoms with Crippen LogP contribution < -0.4 is 5.32 Å². The molecule has 0 radical (unpaired) electrons. The number of rotatable bonds is 5. The third kappa shape index (κ3) is 3.95. The van der Waals surface area contributed by atoms with Gasteiger partial charge in [-0.25, -0.2) is 4.98 Å². The Morgan fingerprint density at radius 1 is 1.67 bits per heavy atom. The van der Waals surface area contributed by atoms with Gasteiger partial charge < -0.3 is 9.73 Å². The topological polar surface area (TPSA) is 55.1 Å². The first kappa shape index (κ1) is 12.1. The second-order valence-electron chi connectivity index (χ2n) is 3.53. The molecule has 1 aromatic rings. The second-order valence-corrected chi connectivity index (χ2v) is 4.40. The number of carbonyl (C=O) groups is 1. The van der Waals surface area contributed by atoms with Crippen LogP contribution in [0.25, 0.3) is 0 Å². The summed E-state index contributed by atoms with van der Waals surface area (Å²) in [6.07, 6.45) is 3.82. The van der Waals surface area contributed by atoms with Gasteiger partial charge in [0.25, 0.3) is 0 Å². The number of oxazole rings is 1. The van der Waals surface area contributed by atoms with E-state index >= 15 is 0 Å². The summed E-state index contributed by atoms with van der Waals surface area (Å²) < 4.78 is 5.42. The molecule has 0 aromatic carbocycles. The molecule has 84 valence electrons. The van der Waals surface area contributed by atoms with E-state index in [1.54, 1.807) is 18.0 Å². The molecule has 1 N–H and O–H groups in total. The van der Waals surface area contributed by atoms with Crippen LogP contribution in [0.4, 0.5) is 0 Å². The molecular weight excluding hydrogens is 212 g/mol. The lowest BCUT2D eigenvalue weighted by molar-refractivity contribution is -0.120. The van der Waals surface area contributed by atoms with Gasteiger partial charge in [0.05, 0.1) is 18.5 Å². The van der Waals surface area contributed by atoms with Crippen molar-refractivity contribution in [3.8, 4) is 0 Å². The van der Waals surface area contributed by atoms with Crippen molar-refractivity contribution in [2.24, 2.45) is 0 Å². The minimum atomic E-state index is -0.0317. The summed E-state index contributed by atoms with van der Waals surface area (Å²) in [4.78, 5) is 15.4. The van der Waals surface area contributed by atoms with Crippen LogP contribution in [0.15, 0.2) is 10.6 Å². The first-order chi connectivity index (χ1) is 7.13. The molecule has 1 rings (SSSR count). The summed E-state index contributed by atoms with van der Waals surface area (Å²) in [6, 6.07) is 0. The van der Waals surface area contributed by atoms with E-state index in [9.17, 15) is 4.79 Å². The molecule has 0 aliphatic carbocycles. The zero-order valence-electron chi connectivity index (χ0n) is 9.24. The van der Waals surface area contributed by atoms with E-state index in [0.717, 1.165) is 0 Å². The Balaban J connectivity index is 2.46. The van der Waals surface area contributed by atoms with Crippen molar-refractivity contribution < 1.29 is 9.21 Å². The smallest absolute Gasteiger partial charge is 0.228 e. The van der Waals surface area contributed by atoms with Gasteiger partial charge in [0.2, 0.25) is 5.91 Å². The summed E-state index contributed by atoms with van der Waals surface area (Å²) >= 11 is 1.57. The summed E-state index contributed by atoms with van der Waals surface area (Å²) in [5, 5.41) is 2.76. The minimum absolute atomic E-state index is 0.0317. The van der Waals surface area contributed by atoms with Crippen LogP contribution in [0, 0.1) is 0 Å². The Labute approximate surface area is 93.8 Å². The van der Waals surface area contributed by atoms with Crippen LogP contribution in [0.5, 0.6) is 0 Å². The molecular formula is C10H16N2O2S. The normalized spacial score (nSPS) is 10.7. The average Bonchev–Trinajstić information content (AvgIpc) is 2.63. The fourth-order valence-corrected chi connectivity index (χ4v) is 1.35. The molecule has 0 saturated heterocycles. The SMILES string of the molecule is CSCNC(=O)Cc1cnc(C(C)C)o1. The molecule has 1 amide bonds. The van der Waals surface area contributed by atoms with Crippen LogP contribution in [-0.2, 0) is 11.2 Å². The third-order valence-electron chi connectivity index (χ3n) is 1.81. The number of carbonyl (C=O) groups excluding carboxylic acids is 1. The lowest BCUT2D eigenvalue weighted by Gasteiger charge is -2.00. The van der Waals surface area contributed by atoms with Crippen molar-refractivity contribution in [2.45, 2.75) is 26.2 Å². The summed E-state index contributed by atoms with van der Waals surface area (Å²) in [5.41, 5.74) is 0. The van der Waals surface area contributed by atoms with Gasteiger partial charge in [0.1, 0.15) is 5.76 Å². The van der Waals surface area contributed by atoms with Gasteiger partial charge in [0, 0.05) is 5.92 Å². The number of aromatic nitrogens is 1. The Morgan fingerprint density at radius 3 is 2.93 bits per heavy atom. The van der Waals surface area contributed by atoms with E-state index in [1.165, 1.54) is 0 Å². The van der Waals surface area contributed by atoms with E-state index in [-0.39, 0.29) is 18.2 Å². The Morgan fingerprint density at radius 2 is 2.40 bits per heavy atom. The van der Waals surface area contributed by atoms with Crippen molar-refractivity contribution in [1.29, 1.82) is 0 Å². The van der Waals surface area contributed by atoms with Crippen LogP contribution in [0.1, 0.15) is 31.4 Å². The fourth-order valence-electron chi connectivity index (χ4n) is 1.04. The molecule has 5 heteroatoms. The largest absolute Gasteiger partial charge is 0.445 e. The molecule has 0 bridgehead atoms. The Hall–Kier alpha value is -0.970. The maximum Gasteiger partial charge on any atom is 0.228 e. The molecule has 4 nitrogen and oxygen atoms in total. The van der Waals surface area contributed by atoms with Gasteiger partial charge in [-0.15, -0.1) is 11.8 Å². The Kier molecular flexibility index (Phi) is 4.68. The highest BCUT2D eigenvalue weighted by atomic mass is 32.2. The van der Waals surface area contributed by atoms with E-state index < -0.39 is 0 Å². The van der Waals surface area contributed by atoms with Gasteiger partial charge in [-0.3, -0.25) is 4.79 Å². The highest BCUT2D eigenvalue weighted by Crippen LogP contribution is 2.14. The van der Waals surface area contributed by atoms with E-state index in [2.05, 4.69) is 10.3 Å².